The standard InChI is InChI=1S/C24H31NO2/c1-16-11-17(2)13-19(12-16)23(7-9-27-10-8-23)15-25-22(26)20-14-18-3-4-21(20)24(18)5-6-24/h3-4,11-13,18,20-21H,5-10,14-15H2,1-2H3,(H,25,26)/t18-,20+,21-/m1/s1. The highest BCUT2D eigenvalue weighted by atomic mass is 16.5. The summed E-state index contributed by atoms with van der Waals surface area (Å²) in [6.45, 7) is 6.63. The Bertz CT molecular complexity index is 765. The molecule has 3 fully saturated rings. The maximum absolute atomic E-state index is 13.1. The Morgan fingerprint density at radius 3 is 2.41 bits per heavy atom. The first-order chi connectivity index (χ1) is 13.0. The van der Waals surface area contributed by atoms with Gasteiger partial charge in [0, 0.05) is 31.1 Å². The molecule has 1 N–H and O–H groups in total. The molecule has 5 rings (SSSR count). The first-order valence-electron chi connectivity index (χ1n) is 10.7. The summed E-state index contributed by atoms with van der Waals surface area (Å²) in [5.41, 5.74) is 4.46. The van der Waals surface area contributed by atoms with Crippen molar-refractivity contribution in [1.82, 2.24) is 5.32 Å². The van der Waals surface area contributed by atoms with Gasteiger partial charge >= 0.3 is 0 Å². The van der Waals surface area contributed by atoms with Crippen LogP contribution in [0.1, 0.15) is 48.8 Å². The van der Waals surface area contributed by atoms with E-state index in [9.17, 15) is 4.79 Å². The van der Waals surface area contributed by atoms with Gasteiger partial charge in [-0.2, -0.15) is 0 Å². The molecule has 3 heteroatoms. The molecule has 0 aromatic heterocycles. The molecule has 1 amide bonds. The van der Waals surface area contributed by atoms with Gasteiger partial charge in [0.2, 0.25) is 5.91 Å². The monoisotopic (exact) mass is 365 g/mol. The highest BCUT2D eigenvalue weighted by Crippen LogP contribution is 2.70. The Hall–Kier alpha value is -1.61. The first kappa shape index (κ1) is 17.5. The molecule has 3 aliphatic carbocycles. The quantitative estimate of drug-likeness (QED) is 0.817. The van der Waals surface area contributed by atoms with Crippen LogP contribution in [0.25, 0.3) is 0 Å². The number of ether oxygens (including phenoxy) is 1. The van der Waals surface area contributed by atoms with Crippen LogP contribution in [0.5, 0.6) is 0 Å². The first-order valence-corrected chi connectivity index (χ1v) is 10.7. The maximum Gasteiger partial charge on any atom is 0.223 e. The molecule has 3 nitrogen and oxygen atoms in total. The second kappa shape index (κ2) is 6.20. The lowest BCUT2D eigenvalue weighted by Gasteiger charge is -2.38. The van der Waals surface area contributed by atoms with Crippen molar-refractivity contribution in [2.24, 2.45) is 23.2 Å². The van der Waals surface area contributed by atoms with Crippen molar-refractivity contribution in [1.29, 1.82) is 0 Å². The van der Waals surface area contributed by atoms with Gasteiger partial charge in [0.1, 0.15) is 0 Å². The van der Waals surface area contributed by atoms with E-state index in [0.717, 1.165) is 39.0 Å². The number of allylic oxidation sites excluding steroid dienone is 2. The third-order valence-electron chi connectivity index (χ3n) is 7.94. The van der Waals surface area contributed by atoms with Crippen LogP contribution in [0.15, 0.2) is 30.4 Å². The van der Waals surface area contributed by atoms with E-state index in [-0.39, 0.29) is 17.2 Å². The fourth-order valence-electron chi connectivity index (χ4n) is 6.27. The molecule has 1 aliphatic heterocycles. The predicted octanol–water partition coefficient (Wildman–Crippen LogP) is 4.07. The largest absolute Gasteiger partial charge is 0.381 e. The molecule has 2 bridgehead atoms. The van der Waals surface area contributed by atoms with Crippen molar-refractivity contribution in [3.8, 4) is 0 Å². The smallest absolute Gasteiger partial charge is 0.223 e. The van der Waals surface area contributed by atoms with Crippen molar-refractivity contribution in [3.63, 3.8) is 0 Å². The van der Waals surface area contributed by atoms with E-state index in [1.165, 1.54) is 29.5 Å². The third kappa shape index (κ3) is 2.77. The fourth-order valence-corrected chi connectivity index (χ4v) is 6.27. The number of rotatable bonds is 4. The van der Waals surface area contributed by atoms with E-state index in [1.54, 1.807) is 0 Å². The highest BCUT2D eigenvalue weighted by Gasteiger charge is 2.64. The molecule has 1 saturated heterocycles. The maximum atomic E-state index is 13.1. The van der Waals surface area contributed by atoms with E-state index in [1.807, 2.05) is 0 Å². The van der Waals surface area contributed by atoms with Gasteiger partial charge in [-0.15, -0.1) is 0 Å². The van der Waals surface area contributed by atoms with Gasteiger partial charge in [-0.1, -0.05) is 41.5 Å². The molecule has 1 spiro atoms. The molecule has 1 heterocycles. The summed E-state index contributed by atoms with van der Waals surface area (Å²) in [4.78, 5) is 13.1. The van der Waals surface area contributed by atoms with E-state index >= 15 is 0 Å². The number of amides is 1. The van der Waals surface area contributed by atoms with Gasteiger partial charge in [0.05, 0.1) is 0 Å². The second-order valence-corrected chi connectivity index (χ2v) is 9.58. The topological polar surface area (TPSA) is 38.3 Å². The number of carbonyl (C=O) groups is 1. The van der Waals surface area contributed by atoms with Crippen LogP contribution in [-0.2, 0) is 14.9 Å². The van der Waals surface area contributed by atoms with E-state index in [0.29, 0.717) is 17.3 Å². The Morgan fingerprint density at radius 1 is 1.07 bits per heavy atom. The Kier molecular flexibility index (Phi) is 4.02. The molecule has 0 radical (unpaired) electrons. The van der Waals surface area contributed by atoms with Crippen LogP contribution in [0, 0.1) is 37.0 Å². The number of aryl methyl sites for hydroxylation is 2. The third-order valence-corrected chi connectivity index (χ3v) is 7.94. The minimum Gasteiger partial charge on any atom is -0.381 e. The molecular weight excluding hydrogens is 334 g/mol. The van der Waals surface area contributed by atoms with E-state index in [2.05, 4.69) is 49.5 Å². The van der Waals surface area contributed by atoms with Crippen LogP contribution in [0.3, 0.4) is 0 Å². The molecule has 144 valence electrons. The van der Waals surface area contributed by atoms with Gasteiger partial charge in [-0.25, -0.2) is 0 Å². The zero-order chi connectivity index (χ0) is 18.6. The Morgan fingerprint density at radius 2 is 1.78 bits per heavy atom. The van der Waals surface area contributed by atoms with Crippen molar-refractivity contribution < 1.29 is 9.53 Å². The van der Waals surface area contributed by atoms with Crippen LogP contribution < -0.4 is 5.32 Å². The lowest BCUT2D eigenvalue weighted by Crippen LogP contribution is -2.46. The fraction of sp³-hybridized carbons (Fsp3) is 0.625. The minimum atomic E-state index is 0.00934. The molecule has 3 atom stereocenters. The van der Waals surface area contributed by atoms with Crippen molar-refractivity contribution in [2.75, 3.05) is 19.8 Å². The average Bonchev–Trinajstić information content (AvgIpc) is 3.33. The second-order valence-electron chi connectivity index (χ2n) is 9.58. The SMILES string of the molecule is Cc1cc(C)cc(C2(CNC(=O)[C@H]3C[C@H]4C=C[C@H]3C43CC3)CCOCC2)c1. The lowest BCUT2D eigenvalue weighted by atomic mass is 9.73. The molecular formula is C24H31NO2. The average molecular weight is 366 g/mol. The molecule has 2 saturated carbocycles. The Labute approximate surface area is 162 Å². The van der Waals surface area contributed by atoms with Crippen LogP contribution in [0.4, 0.5) is 0 Å². The summed E-state index contributed by atoms with van der Waals surface area (Å²) >= 11 is 0. The van der Waals surface area contributed by atoms with E-state index in [4.69, 9.17) is 4.74 Å². The minimum absolute atomic E-state index is 0.00934. The van der Waals surface area contributed by atoms with Gasteiger partial charge in [0.15, 0.2) is 0 Å². The molecule has 27 heavy (non-hydrogen) atoms. The summed E-state index contributed by atoms with van der Waals surface area (Å²) in [5.74, 6) is 1.64. The van der Waals surface area contributed by atoms with Gasteiger partial charge in [-0.05, 0) is 68.8 Å². The van der Waals surface area contributed by atoms with Crippen molar-refractivity contribution in [2.45, 2.75) is 51.4 Å². The summed E-state index contributed by atoms with van der Waals surface area (Å²) in [7, 11) is 0. The van der Waals surface area contributed by atoms with Gasteiger partial charge in [0.25, 0.3) is 0 Å². The molecule has 1 aromatic carbocycles. The van der Waals surface area contributed by atoms with Gasteiger partial charge in [-0.3, -0.25) is 4.79 Å². The predicted molar refractivity (Wildman–Crippen MR) is 107 cm³/mol. The highest BCUT2D eigenvalue weighted by molar-refractivity contribution is 5.80. The number of hydrogen-bond donors (Lipinski definition) is 1. The number of nitrogens with one attached hydrogen (secondary N) is 1. The normalized spacial score (nSPS) is 32.0. The zero-order valence-corrected chi connectivity index (χ0v) is 16.6. The number of hydrogen-bond acceptors (Lipinski definition) is 2. The summed E-state index contributed by atoms with van der Waals surface area (Å²) in [6.07, 6.45) is 10.4. The number of carbonyl (C=O) groups excluding carboxylic acids is 1. The summed E-state index contributed by atoms with van der Waals surface area (Å²) in [6, 6.07) is 6.85. The zero-order valence-electron chi connectivity index (χ0n) is 16.6. The molecule has 0 unspecified atom stereocenters. The summed E-state index contributed by atoms with van der Waals surface area (Å²) in [5, 5.41) is 3.39. The van der Waals surface area contributed by atoms with Crippen molar-refractivity contribution >= 4 is 5.91 Å². The van der Waals surface area contributed by atoms with Crippen LogP contribution >= 0.6 is 0 Å². The van der Waals surface area contributed by atoms with Gasteiger partial charge < -0.3 is 10.1 Å². The Balaban J connectivity index is 1.34. The molecule has 4 aliphatic rings. The number of benzene rings is 1. The summed E-state index contributed by atoms with van der Waals surface area (Å²) < 4.78 is 5.67. The van der Waals surface area contributed by atoms with Crippen LogP contribution in [0.2, 0.25) is 0 Å². The molecule has 1 aromatic rings. The van der Waals surface area contributed by atoms with Crippen molar-refractivity contribution in [3.05, 3.63) is 47.0 Å². The van der Waals surface area contributed by atoms with Crippen LogP contribution in [-0.4, -0.2) is 25.7 Å². The lowest BCUT2D eigenvalue weighted by molar-refractivity contribution is -0.126. The van der Waals surface area contributed by atoms with E-state index < -0.39 is 0 Å².